The van der Waals surface area contributed by atoms with Gasteiger partial charge in [0.1, 0.15) is 11.5 Å². The lowest BCUT2D eigenvalue weighted by molar-refractivity contribution is 0.0734. The molecule has 1 aliphatic carbocycles. The summed E-state index contributed by atoms with van der Waals surface area (Å²) in [4.78, 5) is 12.5. The second-order valence-electron chi connectivity index (χ2n) is 8.04. The van der Waals surface area contributed by atoms with Gasteiger partial charge in [0.25, 0.3) is 0 Å². The maximum absolute atomic E-state index is 12.5. The van der Waals surface area contributed by atoms with Gasteiger partial charge < -0.3 is 9.84 Å². The number of esters is 1. The average molecular weight is 386 g/mol. The summed E-state index contributed by atoms with van der Waals surface area (Å²) in [6.07, 6.45) is 5.04. The van der Waals surface area contributed by atoms with Crippen LogP contribution in [0.2, 0.25) is 0 Å². The molecule has 0 atom stereocenters. The number of benzene rings is 3. The normalized spacial score (nSPS) is 18.9. The minimum absolute atomic E-state index is 0.239. The maximum Gasteiger partial charge on any atom is 0.343 e. The Balaban J connectivity index is 1.39. The van der Waals surface area contributed by atoms with Crippen molar-refractivity contribution in [2.45, 2.75) is 38.5 Å². The van der Waals surface area contributed by atoms with E-state index in [1.807, 2.05) is 36.4 Å². The van der Waals surface area contributed by atoms with Crippen molar-refractivity contribution in [1.29, 1.82) is 0 Å². The number of ether oxygens (including phenoxy) is 1. The lowest BCUT2D eigenvalue weighted by Crippen LogP contribution is -2.12. The van der Waals surface area contributed by atoms with Crippen molar-refractivity contribution in [3.8, 4) is 22.6 Å². The van der Waals surface area contributed by atoms with Crippen LogP contribution in [-0.2, 0) is 0 Å². The van der Waals surface area contributed by atoms with Crippen LogP contribution in [0.4, 0.5) is 0 Å². The first-order chi connectivity index (χ1) is 14.1. The van der Waals surface area contributed by atoms with E-state index < -0.39 is 0 Å². The molecule has 3 heteroatoms. The van der Waals surface area contributed by atoms with E-state index in [0.29, 0.717) is 17.2 Å². The summed E-state index contributed by atoms with van der Waals surface area (Å²) in [5.41, 5.74) is 3.89. The smallest absolute Gasteiger partial charge is 0.343 e. The van der Waals surface area contributed by atoms with Crippen molar-refractivity contribution in [2.24, 2.45) is 5.92 Å². The van der Waals surface area contributed by atoms with E-state index in [4.69, 9.17) is 4.74 Å². The van der Waals surface area contributed by atoms with Gasteiger partial charge in [0.15, 0.2) is 0 Å². The second kappa shape index (κ2) is 8.52. The first-order valence-corrected chi connectivity index (χ1v) is 10.3. The predicted octanol–water partition coefficient (Wildman–Crippen LogP) is 6.57. The summed E-state index contributed by atoms with van der Waals surface area (Å²) in [5.74, 6) is 1.86. The van der Waals surface area contributed by atoms with Crippen molar-refractivity contribution in [2.75, 3.05) is 0 Å². The summed E-state index contributed by atoms with van der Waals surface area (Å²) >= 11 is 0. The summed E-state index contributed by atoms with van der Waals surface area (Å²) in [6, 6.07) is 22.3. The van der Waals surface area contributed by atoms with Crippen molar-refractivity contribution in [3.63, 3.8) is 0 Å². The molecule has 0 amide bonds. The molecule has 0 saturated heterocycles. The second-order valence-corrected chi connectivity index (χ2v) is 8.04. The summed E-state index contributed by atoms with van der Waals surface area (Å²) < 4.78 is 5.53. The van der Waals surface area contributed by atoms with Crippen molar-refractivity contribution >= 4 is 5.97 Å². The quantitative estimate of drug-likeness (QED) is 0.407. The van der Waals surface area contributed by atoms with Gasteiger partial charge in [-0.25, -0.2) is 4.79 Å². The number of phenols is 1. The molecule has 1 N–H and O–H groups in total. The molecule has 0 aliphatic heterocycles. The van der Waals surface area contributed by atoms with E-state index in [2.05, 4.69) is 19.1 Å². The minimum Gasteiger partial charge on any atom is -0.508 e. The molecule has 1 saturated carbocycles. The van der Waals surface area contributed by atoms with Gasteiger partial charge in [0.05, 0.1) is 5.56 Å². The lowest BCUT2D eigenvalue weighted by atomic mass is 9.79. The zero-order chi connectivity index (χ0) is 20.2. The van der Waals surface area contributed by atoms with E-state index in [1.54, 1.807) is 24.3 Å². The Morgan fingerprint density at radius 2 is 1.34 bits per heavy atom. The van der Waals surface area contributed by atoms with Crippen LogP contribution in [0.25, 0.3) is 11.1 Å². The van der Waals surface area contributed by atoms with Gasteiger partial charge in [0, 0.05) is 0 Å². The molecule has 0 aromatic heterocycles. The molecule has 4 rings (SSSR count). The van der Waals surface area contributed by atoms with Gasteiger partial charge in [0.2, 0.25) is 0 Å². The molecule has 29 heavy (non-hydrogen) atoms. The number of hydrogen-bond acceptors (Lipinski definition) is 3. The van der Waals surface area contributed by atoms with Crippen molar-refractivity contribution in [1.82, 2.24) is 0 Å². The number of carbonyl (C=O) groups excluding carboxylic acids is 1. The third-order valence-corrected chi connectivity index (χ3v) is 5.90. The van der Waals surface area contributed by atoms with Gasteiger partial charge in [-0.15, -0.1) is 0 Å². The van der Waals surface area contributed by atoms with E-state index >= 15 is 0 Å². The third-order valence-electron chi connectivity index (χ3n) is 5.90. The highest BCUT2D eigenvalue weighted by Gasteiger charge is 2.20. The topological polar surface area (TPSA) is 46.5 Å². The third kappa shape index (κ3) is 4.68. The fourth-order valence-corrected chi connectivity index (χ4v) is 4.02. The van der Waals surface area contributed by atoms with Gasteiger partial charge in [-0.1, -0.05) is 56.2 Å². The molecule has 3 aromatic carbocycles. The fraction of sp³-hybridized carbons (Fsp3) is 0.269. The molecular weight excluding hydrogens is 360 g/mol. The Morgan fingerprint density at radius 3 is 1.93 bits per heavy atom. The number of phenolic OH excluding ortho intramolecular Hbond substituents is 1. The van der Waals surface area contributed by atoms with Crippen molar-refractivity contribution in [3.05, 3.63) is 83.9 Å². The minimum atomic E-state index is -0.341. The molecule has 0 spiro atoms. The molecule has 1 aliphatic rings. The van der Waals surface area contributed by atoms with Gasteiger partial charge in [-0.2, -0.15) is 0 Å². The SMILES string of the molecule is CC1CCC(c2ccc(C(=O)Oc3ccc(-c4ccc(O)cc4)cc3)cc2)CC1. The largest absolute Gasteiger partial charge is 0.508 e. The highest BCUT2D eigenvalue weighted by Crippen LogP contribution is 2.35. The van der Waals surface area contributed by atoms with Crippen LogP contribution in [-0.4, -0.2) is 11.1 Å². The van der Waals surface area contributed by atoms with Crippen LogP contribution in [0.3, 0.4) is 0 Å². The van der Waals surface area contributed by atoms with E-state index in [9.17, 15) is 9.90 Å². The highest BCUT2D eigenvalue weighted by atomic mass is 16.5. The molecule has 0 unspecified atom stereocenters. The molecule has 3 aromatic rings. The zero-order valence-electron chi connectivity index (χ0n) is 16.7. The predicted molar refractivity (Wildman–Crippen MR) is 115 cm³/mol. The molecule has 1 fully saturated rings. The Morgan fingerprint density at radius 1 is 0.793 bits per heavy atom. The Kier molecular flexibility index (Phi) is 5.66. The monoisotopic (exact) mass is 386 g/mol. The van der Waals surface area contributed by atoms with Crippen LogP contribution in [0.1, 0.15) is 54.4 Å². The Labute approximate surface area is 172 Å². The molecule has 148 valence electrons. The molecule has 0 heterocycles. The van der Waals surface area contributed by atoms with Crippen LogP contribution in [0.15, 0.2) is 72.8 Å². The summed E-state index contributed by atoms with van der Waals surface area (Å²) in [5, 5.41) is 9.40. The fourth-order valence-electron chi connectivity index (χ4n) is 4.02. The first kappa shape index (κ1) is 19.3. The van der Waals surface area contributed by atoms with Gasteiger partial charge in [-0.05, 0) is 77.8 Å². The standard InChI is InChI=1S/C26H26O3/c1-18-2-4-19(5-3-18)20-6-8-23(9-7-20)26(28)29-25-16-12-22(13-17-25)21-10-14-24(27)15-11-21/h6-19,27H,2-5H2,1H3. The number of hydrogen-bond donors (Lipinski definition) is 1. The van der Waals surface area contributed by atoms with Crippen LogP contribution >= 0.6 is 0 Å². The molecule has 3 nitrogen and oxygen atoms in total. The van der Waals surface area contributed by atoms with Crippen LogP contribution < -0.4 is 4.74 Å². The number of carbonyl (C=O) groups is 1. The van der Waals surface area contributed by atoms with E-state index in [1.165, 1.54) is 31.2 Å². The average Bonchev–Trinajstić information content (AvgIpc) is 2.76. The summed E-state index contributed by atoms with van der Waals surface area (Å²) in [7, 11) is 0. The lowest BCUT2D eigenvalue weighted by Gasteiger charge is -2.26. The van der Waals surface area contributed by atoms with Crippen molar-refractivity contribution < 1.29 is 14.6 Å². The van der Waals surface area contributed by atoms with Gasteiger partial charge >= 0.3 is 5.97 Å². The van der Waals surface area contributed by atoms with E-state index in [0.717, 1.165) is 17.0 Å². The van der Waals surface area contributed by atoms with E-state index in [-0.39, 0.29) is 11.7 Å². The molecule has 0 radical (unpaired) electrons. The molecular formula is C26H26O3. The Bertz CT molecular complexity index is 948. The first-order valence-electron chi connectivity index (χ1n) is 10.3. The Hall–Kier alpha value is -3.07. The highest BCUT2D eigenvalue weighted by molar-refractivity contribution is 5.91. The van der Waals surface area contributed by atoms with Crippen LogP contribution in [0.5, 0.6) is 11.5 Å². The number of rotatable bonds is 4. The summed E-state index contributed by atoms with van der Waals surface area (Å²) in [6.45, 7) is 2.33. The maximum atomic E-state index is 12.5. The van der Waals surface area contributed by atoms with Gasteiger partial charge in [-0.3, -0.25) is 0 Å². The molecule has 0 bridgehead atoms. The number of aromatic hydroxyl groups is 1. The van der Waals surface area contributed by atoms with Crippen LogP contribution in [0, 0.1) is 5.92 Å². The zero-order valence-corrected chi connectivity index (χ0v) is 16.7.